The average Bonchev–Trinajstić information content (AvgIpc) is 2.89. The maximum atomic E-state index is 5.79. The standard InChI is InChI=1S/C16H23NO2/c1-16(18-11-12-19-16)15-7-9-17(10-8-15)13-14-5-3-2-4-6-14/h2-6,15H,7-13H2,1H3. The minimum absolute atomic E-state index is 0.321. The number of rotatable bonds is 3. The van der Waals surface area contributed by atoms with E-state index in [1.54, 1.807) is 0 Å². The van der Waals surface area contributed by atoms with Crippen LogP contribution in [0.2, 0.25) is 0 Å². The van der Waals surface area contributed by atoms with Crippen LogP contribution in [0.15, 0.2) is 30.3 Å². The summed E-state index contributed by atoms with van der Waals surface area (Å²) in [7, 11) is 0. The lowest BCUT2D eigenvalue weighted by atomic mass is 9.89. The second-order valence-corrected chi connectivity index (χ2v) is 5.75. The minimum atomic E-state index is -0.321. The molecule has 0 aliphatic carbocycles. The van der Waals surface area contributed by atoms with Crippen LogP contribution in [0.4, 0.5) is 0 Å². The van der Waals surface area contributed by atoms with Crippen LogP contribution in [0, 0.1) is 5.92 Å². The molecule has 2 saturated heterocycles. The first-order valence-electron chi connectivity index (χ1n) is 7.30. The summed E-state index contributed by atoms with van der Waals surface area (Å²) in [4.78, 5) is 2.53. The van der Waals surface area contributed by atoms with Crippen molar-refractivity contribution in [3.05, 3.63) is 35.9 Å². The van der Waals surface area contributed by atoms with Crippen molar-refractivity contribution in [3.8, 4) is 0 Å². The number of nitrogens with zero attached hydrogens (tertiary/aromatic N) is 1. The molecule has 0 saturated carbocycles. The summed E-state index contributed by atoms with van der Waals surface area (Å²) in [5.41, 5.74) is 1.40. The van der Waals surface area contributed by atoms with Crippen molar-refractivity contribution in [1.82, 2.24) is 4.90 Å². The number of ether oxygens (including phenoxy) is 2. The van der Waals surface area contributed by atoms with Crippen LogP contribution in [0.25, 0.3) is 0 Å². The van der Waals surface area contributed by atoms with Crippen molar-refractivity contribution in [1.29, 1.82) is 0 Å². The summed E-state index contributed by atoms with van der Waals surface area (Å²) in [6.45, 7) is 6.95. The highest BCUT2D eigenvalue weighted by Gasteiger charge is 2.41. The van der Waals surface area contributed by atoms with E-state index in [1.165, 1.54) is 18.4 Å². The van der Waals surface area contributed by atoms with E-state index in [1.807, 2.05) is 0 Å². The average molecular weight is 261 g/mol. The lowest BCUT2D eigenvalue weighted by Crippen LogP contribution is -2.43. The van der Waals surface area contributed by atoms with Gasteiger partial charge in [-0.05, 0) is 38.4 Å². The van der Waals surface area contributed by atoms with Gasteiger partial charge in [-0.2, -0.15) is 0 Å². The summed E-state index contributed by atoms with van der Waals surface area (Å²) in [6, 6.07) is 10.7. The van der Waals surface area contributed by atoms with E-state index in [-0.39, 0.29) is 5.79 Å². The Balaban J connectivity index is 1.52. The molecule has 2 fully saturated rings. The Morgan fingerprint density at radius 3 is 2.37 bits per heavy atom. The quantitative estimate of drug-likeness (QED) is 0.835. The molecule has 0 amide bonds. The first-order valence-corrected chi connectivity index (χ1v) is 7.30. The number of hydrogen-bond acceptors (Lipinski definition) is 3. The van der Waals surface area contributed by atoms with Gasteiger partial charge < -0.3 is 9.47 Å². The van der Waals surface area contributed by atoms with E-state index in [2.05, 4.69) is 42.2 Å². The molecule has 1 aromatic carbocycles. The first-order chi connectivity index (χ1) is 9.26. The third kappa shape index (κ3) is 2.99. The van der Waals surface area contributed by atoms with E-state index in [0.717, 1.165) is 32.8 Å². The van der Waals surface area contributed by atoms with Crippen LogP contribution in [-0.2, 0) is 16.0 Å². The van der Waals surface area contributed by atoms with Crippen LogP contribution in [-0.4, -0.2) is 37.0 Å². The second-order valence-electron chi connectivity index (χ2n) is 5.75. The Bertz CT molecular complexity index is 392. The molecule has 3 nitrogen and oxygen atoms in total. The third-order valence-electron chi connectivity index (χ3n) is 4.44. The molecule has 2 aliphatic heterocycles. The topological polar surface area (TPSA) is 21.7 Å². The van der Waals surface area contributed by atoms with Crippen LogP contribution in [0.3, 0.4) is 0 Å². The number of likely N-dealkylation sites (tertiary alicyclic amines) is 1. The number of benzene rings is 1. The zero-order chi connectivity index (χ0) is 13.1. The SMILES string of the molecule is CC1(C2CCN(Cc3ccccc3)CC2)OCCO1. The predicted octanol–water partition coefficient (Wildman–Crippen LogP) is 2.66. The molecule has 2 heterocycles. The summed E-state index contributed by atoms with van der Waals surface area (Å²) >= 11 is 0. The Kier molecular flexibility index (Phi) is 3.87. The van der Waals surface area contributed by atoms with Gasteiger partial charge in [-0.3, -0.25) is 4.90 Å². The molecular weight excluding hydrogens is 238 g/mol. The normalized spacial score (nSPS) is 24.7. The van der Waals surface area contributed by atoms with E-state index < -0.39 is 0 Å². The molecule has 2 aliphatic rings. The van der Waals surface area contributed by atoms with Gasteiger partial charge in [-0.1, -0.05) is 30.3 Å². The molecule has 0 bridgehead atoms. The molecule has 0 radical (unpaired) electrons. The van der Waals surface area contributed by atoms with Crippen LogP contribution < -0.4 is 0 Å². The lowest BCUT2D eigenvalue weighted by molar-refractivity contribution is -0.190. The van der Waals surface area contributed by atoms with Gasteiger partial charge in [0, 0.05) is 12.5 Å². The first kappa shape index (κ1) is 13.1. The van der Waals surface area contributed by atoms with Crippen LogP contribution >= 0.6 is 0 Å². The molecule has 0 spiro atoms. The molecular formula is C16H23NO2. The van der Waals surface area contributed by atoms with Crippen molar-refractivity contribution in [3.63, 3.8) is 0 Å². The summed E-state index contributed by atoms with van der Waals surface area (Å²) in [6.07, 6.45) is 2.34. The highest BCUT2D eigenvalue weighted by molar-refractivity contribution is 5.14. The van der Waals surface area contributed by atoms with Gasteiger partial charge in [0.05, 0.1) is 13.2 Å². The van der Waals surface area contributed by atoms with E-state index in [4.69, 9.17) is 9.47 Å². The van der Waals surface area contributed by atoms with E-state index >= 15 is 0 Å². The maximum absolute atomic E-state index is 5.79. The fourth-order valence-electron chi connectivity index (χ4n) is 3.22. The Labute approximate surface area is 115 Å². The van der Waals surface area contributed by atoms with Gasteiger partial charge in [0.2, 0.25) is 0 Å². The van der Waals surface area contributed by atoms with Gasteiger partial charge in [0.15, 0.2) is 5.79 Å². The third-order valence-corrected chi connectivity index (χ3v) is 4.44. The monoisotopic (exact) mass is 261 g/mol. The molecule has 3 rings (SSSR count). The Morgan fingerprint density at radius 2 is 1.74 bits per heavy atom. The van der Waals surface area contributed by atoms with Crippen molar-refractivity contribution >= 4 is 0 Å². The predicted molar refractivity (Wildman–Crippen MR) is 74.8 cm³/mol. The van der Waals surface area contributed by atoms with E-state index in [9.17, 15) is 0 Å². The van der Waals surface area contributed by atoms with Gasteiger partial charge in [0.25, 0.3) is 0 Å². The minimum Gasteiger partial charge on any atom is -0.348 e. The smallest absolute Gasteiger partial charge is 0.168 e. The molecule has 19 heavy (non-hydrogen) atoms. The summed E-state index contributed by atoms with van der Waals surface area (Å²) < 4.78 is 11.6. The molecule has 0 atom stereocenters. The fourth-order valence-corrected chi connectivity index (χ4v) is 3.22. The zero-order valence-electron chi connectivity index (χ0n) is 11.7. The zero-order valence-corrected chi connectivity index (χ0v) is 11.7. The fraction of sp³-hybridized carbons (Fsp3) is 0.625. The largest absolute Gasteiger partial charge is 0.348 e. The molecule has 3 heteroatoms. The molecule has 0 N–H and O–H groups in total. The maximum Gasteiger partial charge on any atom is 0.168 e. The summed E-state index contributed by atoms with van der Waals surface area (Å²) in [5.74, 6) is 0.223. The van der Waals surface area contributed by atoms with Crippen molar-refractivity contribution in [2.75, 3.05) is 26.3 Å². The highest BCUT2D eigenvalue weighted by atomic mass is 16.7. The number of piperidine rings is 1. The molecule has 0 unspecified atom stereocenters. The van der Waals surface area contributed by atoms with Crippen molar-refractivity contribution < 1.29 is 9.47 Å². The highest BCUT2D eigenvalue weighted by Crippen LogP contribution is 2.35. The van der Waals surface area contributed by atoms with Gasteiger partial charge in [-0.25, -0.2) is 0 Å². The Morgan fingerprint density at radius 1 is 1.11 bits per heavy atom. The molecule has 104 valence electrons. The summed E-state index contributed by atoms with van der Waals surface area (Å²) in [5, 5.41) is 0. The molecule has 1 aromatic rings. The van der Waals surface area contributed by atoms with Crippen LogP contribution in [0.1, 0.15) is 25.3 Å². The van der Waals surface area contributed by atoms with Crippen LogP contribution in [0.5, 0.6) is 0 Å². The van der Waals surface area contributed by atoms with E-state index in [0.29, 0.717) is 5.92 Å². The molecule has 0 aromatic heterocycles. The lowest BCUT2D eigenvalue weighted by Gasteiger charge is -2.39. The van der Waals surface area contributed by atoms with Gasteiger partial charge >= 0.3 is 0 Å². The van der Waals surface area contributed by atoms with Crippen molar-refractivity contribution in [2.45, 2.75) is 32.1 Å². The number of hydrogen-bond donors (Lipinski definition) is 0. The van der Waals surface area contributed by atoms with Gasteiger partial charge in [0.1, 0.15) is 0 Å². The van der Waals surface area contributed by atoms with Crippen molar-refractivity contribution in [2.24, 2.45) is 5.92 Å². The van der Waals surface area contributed by atoms with Gasteiger partial charge in [-0.15, -0.1) is 0 Å². The second kappa shape index (κ2) is 5.61. The Hall–Kier alpha value is -0.900.